The molecule has 0 saturated carbocycles. The van der Waals surface area contributed by atoms with E-state index in [2.05, 4.69) is 18.9 Å². The van der Waals surface area contributed by atoms with Crippen LogP contribution in [0.1, 0.15) is 41.5 Å². The van der Waals surface area contributed by atoms with Gasteiger partial charge in [-0.05, 0) is 38.5 Å². The van der Waals surface area contributed by atoms with Gasteiger partial charge < -0.3 is 4.74 Å². The van der Waals surface area contributed by atoms with Crippen molar-refractivity contribution in [3.05, 3.63) is 47.3 Å². The molecule has 100 valence electrons. The first kappa shape index (κ1) is 13.3. The molecule has 0 bridgehead atoms. The number of ether oxygens (including phenoxy) is 1. The number of aldehydes is 1. The van der Waals surface area contributed by atoms with E-state index in [-0.39, 0.29) is 0 Å². The average Bonchev–Trinajstić information content (AvgIpc) is 2.86. The molecule has 0 unspecified atom stereocenters. The van der Waals surface area contributed by atoms with Gasteiger partial charge in [-0.25, -0.2) is 0 Å². The van der Waals surface area contributed by atoms with Gasteiger partial charge in [-0.15, -0.1) is 0 Å². The molecule has 0 N–H and O–H groups in total. The molecule has 4 nitrogen and oxygen atoms in total. The number of para-hydroxylation sites is 1. The van der Waals surface area contributed by atoms with Gasteiger partial charge in [-0.3, -0.25) is 9.48 Å². The van der Waals surface area contributed by atoms with Crippen molar-refractivity contribution in [2.24, 2.45) is 0 Å². The lowest BCUT2D eigenvalue weighted by Gasteiger charge is -2.10. The number of hydrogen-bond donors (Lipinski definition) is 0. The van der Waals surface area contributed by atoms with Crippen LogP contribution in [0.2, 0.25) is 0 Å². The van der Waals surface area contributed by atoms with Crippen LogP contribution in [0, 0.1) is 6.92 Å². The molecular formula is C15H18N2O2. The van der Waals surface area contributed by atoms with Gasteiger partial charge in [0.15, 0.2) is 6.29 Å². The first-order chi connectivity index (χ1) is 9.11. The predicted molar refractivity (Wildman–Crippen MR) is 73.5 cm³/mol. The molecule has 4 heteroatoms. The number of hydrogen-bond acceptors (Lipinski definition) is 3. The number of aromatic nitrogens is 2. The second-order valence-electron chi connectivity index (χ2n) is 4.78. The molecule has 0 aliphatic heterocycles. The van der Waals surface area contributed by atoms with E-state index in [0.717, 1.165) is 17.5 Å². The van der Waals surface area contributed by atoms with E-state index in [1.165, 1.54) is 0 Å². The van der Waals surface area contributed by atoms with E-state index >= 15 is 0 Å². The molecule has 0 amide bonds. The van der Waals surface area contributed by atoms with Gasteiger partial charge in [0.25, 0.3) is 0 Å². The van der Waals surface area contributed by atoms with Crippen LogP contribution in [-0.4, -0.2) is 16.1 Å². The monoisotopic (exact) mass is 258 g/mol. The predicted octanol–water partition coefficient (Wildman–Crippen LogP) is 3.16. The summed E-state index contributed by atoms with van der Waals surface area (Å²) in [6, 6.07) is 7.78. The van der Waals surface area contributed by atoms with E-state index in [4.69, 9.17) is 4.74 Å². The fourth-order valence-corrected chi connectivity index (χ4v) is 1.85. The van der Waals surface area contributed by atoms with Gasteiger partial charge in [-0.2, -0.15) is 5.10 Å². The van der Waals surface area contributed by atoms with E-state index < -0.39 is 0 Å². The highest BCUT2D eigenvalue weighted by Crippen LogP contribution is 2.22. The van der Waals surface area contributed by atoms with E-state index in [9.17, 15) is 4.79 Å². The Balaban J connectivity index is 2.12. The minimum Gasteiger partial charge on any atom is -0.486 e. The molecule has 2 aromatic rings. The lowest BCUT2D eigenvalue weighted by Crippen LogP contribution is -2.04. The molecule has 1 aromatic carbocycles. The van der Waals surface area contributed by atoms with Crippen LogP contribution in [-0.2, 0) is 6.61 Å². The maximum Gasteiger partial charge on any atom is 0.153 e. The Morgan fingerprint density at radius 1 is 1.37 bits per heavy atom. The molecule has 0 radical (unpaired) electrons. The van der Waals surface area contributed by atoms with Crippen LogP contribution in [0.5, 0.6) is 5.75 Å². The third kappa shape index (κ3) is 3.02. The van der Waals surface area contributed by atoms with Gasteiger partial charge in [-0.1, -0.05) is 12.1 Å². The standard InChI is InChI=1S/C15H18N2O2/c1-11(2)17-8-7-14(16-17)10-19-15-12(3)5-4-6-13(15)9-18/h4-9,11H,10H2,1-3H3. The first-order valence-corrected chi connectivity index (χ1v) is 6.33. The molecule has 1 heterocycles. The Bertz CT molecular complexity index is 573. The topological polar surface area (TPSA) is 44.1 Å². The van der Waals surface area contributed by atoms with Crippen molar-refractivity contribution < 1.29 is 9.53 Å². The van der Waals surface area contributed by atoms with Gasteiger partial charge in [0.05, 0.1) is 11.3 Å². The highest BCUT2D eigenvalue weighted by Gasteiger charge is 2.08. The summed E-state index contributed by atoms with van der Waals surface area (Å²) in [5.74, 6) is 0.636. The van der Waals surface area contributed by atoms with Crippen molar-refractivity contribution in [2.75, 3.05) is 0 Å². The summed E-state index contributed by atoms with van der Waals surface area (Å²) < 4.78 is 7.62. The van der Waals surface area contributed by atoms with Crippen molar-refractivity contribution in [1.29, 1.82) is 0 Å². The van der Waals surface area contributed by atoms with Crippen molar-refractivity contribution in [3.63, 3.8) is 0 Å². The SMILES string of the molecule is Cc1cccc(C=O)c1OCc1ccn(C(C)C)n1. The Morgan fingerprint density at radius 2 is 2.16 bits per heavy atom. The maximum absolute atomic E-state index is 11.0. The zero-order valence-electron chi connectivity index (χ0n) is 11.5. The van der Waals surface area contributed by atoms with Crippen molar-refractivity contribution in [1.82, 2.24) is 9.78 Å². The molecule has 0 aliphatic carbocycles. The quantitative estimate of drug-likeness (QED) is 0.774. The smallest absolute Gasteiger partial charge is 0.153 e. The lowest BCUT2D eigenvalue weighted by molar-refractivity contribution is 0.111. The summed E-state index contributed by atoms with van der Waals surface area (Å²) in [6.45, 7) is 6.44. The van der Waals surface area contributed by atoms with Crippen LogP contribution in [0.4, 0.5) is 0 Å². The summed E-state index contributed by atoms with van der Waals surface area (Å²) in [4.78, 5) is 11.0. The Kier molecular flexibility index (Phi) is 4.00. The van der Waals surface area contributed by atoms with Gasteiger partial charge in [0.2, 0.25) is 0 Å². The third-order valence-corrected chi connectivity index (χ3v) is 2.93. The molecule has 0 saturated heterocycles. The number of carbonyl (C=O) groups is 1. The van der Waals surface area contributed by atoms with Crippen LogP contribution in [0.3, 0.4) is 0 Å². The zero-order valence-corrected chi connectivity index (χ0v) is 11.5. The summed E-state index contributed by atoms with van der Waals surface area (Å²) in [6.07, 6.45) is 2.75. The molecule has 0 aliphatic rings. The van der Waals surface area contributed by atoms with Crippen LogP contribution < -0.4 is 4.74 Å². The number of nitrogens with zero attached hydrogens (tertiary/aromatic N) is 2. The lowest BCUT2D eigenvalue weighted by atomic mass is 10.1. The minimum absolute atomic E-state index is 0.331. The van der Waals surface area contributed by atoms with Gasteiger partial charge in [0.1, 0.15) is 12.4 Å². The summed E-state index contributed by atoms with van der Waals surface area (Å²) in [5, 5.41) is 4.41. The highest BCUT2D eigenvalue weighted by atomic mass is 16.5. The Labute approximate surface area is 113 Å². The van der Waals surface area contributed by atoms with E-state index in [1.54, 1.807) is 6.07 Å². The van der Waals surface area contributed by atoms with Crippen LogP contribution >= 0.6 is 0 Å². The second-order valence-corrected chi connectivity index (χ2v) is 4.78. The van der Waals surface area contributed by atoms with Gasteiger partial charge in [0, 0.05) is 12.2 Å². The summed E-state index contributed by atoms with van der Waals surface area (Å²) in [7, 11) is 0. The normalized spacial score (nSPS) is 10.7. The summed E-state index contributed by atoms with van der Waals surface area (Å²) >= 11 is 0. The Hall–Kier alpha value is -2.10. The first-order valence-electron chi connectivity index (χ1n) is 6.33. The largest absolute Gasteiger partial charge is 0.486 e. The number of benzene rings is 1. The van der Waals surface area contributed by atoms with Crippen LogP contribution in [0.15, 0.2) is 30.5 Å². The number of rotatable bonds is 5. The maximum atomic E-state index is 11.0. The molecular weight excluding hydrogens is 240 g/mol. The molecule has 0 spiro atoms. The number of aryl methyl sites for hydroxylation is 1. The fourth-order valence-electron chi connectivity index (χ4n) is 1.85. The van der Waals surface area contributed by atoms with Crippen LogP contribution in [0.25, 0.3) is 0 Å². The van der Waals surface area contributed by atoms with E-state index in [1.807, 2.05) is 36.0 Å². The van der Waals surface area contributed by atoms with Crippen molar-refractivity contribution in [2.45, 2.75) is 33.4 Å². The number of carbonyl (C=O) groups excluding carboxylic acids is 1. The molecule has 19 heavy (non-hydrogen) atoms. The van der Waals surface area contributed by atoms with E-state index in [0.29, 0.717) is 24.0 Å². The summed E-state index contributed by atoms with van der Waals surface area (Å²) in [5.41, 5.74) is 2.38. The third-order valence-electron chi connectivity index (χ3n) is 2.93. The van der Waals surface area contributed by atoms with Crippen molar-refractivity contribution in [3.8, 4) is 5.75 Å². The van der Waals surface area contributed by atoms with Gasteiger partial charge >= 0.3 is 0 Å². The minimum atomic E-state index is 0.331. The molecule has 0 atom stereocenters. The highest BCUT2D eigenvalue weighted by molar-refractivity contribution is 5.80. The molecule has 1 aromatic heterocycles. The average molecular weight is 258 g/mol. The zero-order chi connectivity index (χ0) is 13.8. The Morgan fingerprint density at radius 3 is 2.79 bits per heavy atom. The molecule has 2 rings (SSSR count). The fraction of sp³-hybridized carbons (Fsp3) is 0.333. The second kappa shape index (κ2) is 5.69. The molecule has 0 fully saturated rings. The van der Waals surface area contributed by atoms with Crippen molar-refractivity contribution >= 4 is 6.29 Å².